The average Bonchev–Trinajstić information content (AvgIpc) is 2.94. The van der Waals surface area contributed by atoms with E-state index in [-0.39, 0.29) is 0 Å². The van der Waals surface area contributed by atoms with Crippen molar-refractivity contribution in [2.24, 2.45) is 4.99 Å². The molecule has 7 heteroatoms. The van der Waals surface area contributed by atoms with Crippen molar-refractivity contribution in [2.75, 3.05) is 20.7 Å². The topological polar surface area (TPSA) is 72.6 Å². The first kappa shape index (κ1) is 17.6. The number of nitrogens with zero attached hydrogens (tertiary/aromatic N) is 5. The number of aliphatic imine (C=N–C) groups is 1. The van der Waals surface area contributed by atoms with Gasteiger partial charge in [-0.1, -0.05) is 18.2 Å². The van der Waals surface area contributed by atoms with Crippen LogP contribution in [0.4, 0.5) is 5.82 Å². The van der Waals surface area contributed by atoms with Gasteiger partial charge in [-0.25, -0.2) is 19.8 Å². The van der Waals surface area contributed by atoms with E-state index in [0.717, 1.165) is 16.6 Å². The zero-order chi connectivity index (χ0) is 18.7. The molecule has 2 heterocycles. The van der Waals surface area contributed by atoms with Gasteiger partial charge < -0.3 is 9.64 Å². The molecule has 7 nitrogen and oxygen atoms in total. The van der Waals surface area contributed by atoms with Crippen molar-refractivity contribution in [1.82, 2.24) is 19.4 Å². The van der Waals surface area contributed by atoms with Crippen molar-refractivity contribution in [2.45, 2.75) is 13.8 Å². The van der Waals surface area contributed by atoms with Crippen LogP contribution in [0.15, 0.2) is 41.7 Å². The standard InChI is InChI=1S/C19H21N5O2/c1-5-26-19(25)16-13(2)15-17(22-12-23(3)4)20-11-21-18(15)24(16)14-9-7-6-8-10-14/h6-12H,5H2,1-4H3. The molecule has 0 unspecified atom stereocenters. The zero-order valence-corrected chi connectivity index (χ0v) is 15.3. The van der Waals surface area contributed by atoms with Gasteiger partial charge in [0.05, 0.1) is 18.3 Å². The van der Waals surface area contributed by atoms with Crippen molar-refractivity contribution < 1.29 is 9.53 Å². The zero-order valence-electron chi connectivity index (χ0n) is 15.3. The first-order valence-corrected chi connectivity index (χ1v) is 8.33. The fourth-order valence-electron chi connectivity index (χ4n) is 2.80. The number of carbonyl (C=O) groups excluding carboxylic acids is 1. The first-order valence-electron chi connectivity index (χ1n) is 8.33. The Labute approximate surface area is 152 Å². The Hall–Kier alpha value is -3.22. The third-order valence-corrected chi connectivity index (χ3v) is 3.87. The predicted molar refractivity (Wildman–Crippen MR) is 101 cm³/mol. The van der Waals surface area contributed by atoms with Gasteiger partial charge in [0.25, 0.3) is 0 Å². The molecule has 0 aliphatic rings. The van der Waals surface area contributed by atoms with Gasteiger partial charge in [-0.15, -0.1) is 0 Å². The van der Waals surface area contributed by atoms with Crippen LogP contribution in [0.2, 0.25) is 0 Å². The van der Waals surface area contributed by atoms with Gasteiger partial charge >= 0.3 is 5.97 Å². The number of hydrogen-bond donors (Lipinski definition) is 0. The van der Waals surface area contributed by atoms with Gasteiger partial charge in [0.2, 0.25) is 0 Å². The summed E-state index contributed by atoms with van der Waals surface area (Å²) in [5, 5.41) is 0.734. The highest BCUT2D eigenvalue weighted by molar-refractivity contribution is 6.02. The highest BCUT2D eigenvalue weighted by Gasteiger charge is 2.25. The van der Waals surface area contributed by atoms with E-state index in [4.69, 9.17) is 4.74 Å². The lowest BCUT2D eigenvalue weighted by Crippen LogP contribution is -2.12. The molecule has 0 radical (unpaired) electrons. The fraction of sp³-hybridized carbons (Fsp3) is 0.263. The van der Waals surface area contributed by atoms with E-state index in [2.05, 4.69) is 15.0 Å². The van der Waals surface area contributed by atoms with Crippen LogP contribution in [0.25, 0.3) is 16.7 Å². The fourth-order valence-corrected chi connectivity index (χ4v) is 2.80. The summed E-state index contributed by atoms with van der Waals surface area (Å²) in [6.45, 7) is 3.95. The molecule has 0 N–H and O–H groups in total. The second-order valence-corrected chi connectivity index (χ2v) is 5.97. The average molecular weight is 351 g/mol. The number of benzene rings is 1. The summed E-state index contributed by atoms with van der Waals surface area (Å²) < 4.78 is 7.09. The Morgan fingerprint density at radius 3 is 2.65 bits per heavy atom. The third kappa shape index (κ3) is 3.15. The molecule has 0 bridgehead atoms. The first-order chi connectivity index (χ1) is 12.5. The minimum atomic E-state index is -0.394. The molecule has 0 saturated heterocycles. The number of carbonyl (C=O) groups is 1. The summed E-state index contributed by atoms with van der Waals surface area (Å²) in [4.78, 5) is 27.6. The molecule has 0 saturated carbocycles. The van der Waals surface area contributed by atoms with E-state index in [1.807, 2.05) is 56.3 Å². The summed E-state index contributed by atoms with van der Waals surface area (Å²) in [6, 6.07) is 9.60. The largest absolute Gasteiger partial charge is 0.461 e. The quantitative estimate of drug-likeness (QED) is 0.401. The molecular weight excluding hydrogens is 330 g/mol. The Morgan fingerprint density at radius 2 is 2.00 bits per heavy atom. The van der Waals surface area contributed by atoms with Gasteiger partial charge in [-0.05, 0) is 31.5 Å². The number of ether oxygens (including phenoxy) is 1. The maximum Gasteiger partial charge on any atom is 0.355 e. The molecule has 3 aromatic rings. The molecule has 134 valence electrons. The van der Waals surface area contributed by atoms with Crippen molar-refractivity contribution in [1.29, 1.82) is 0 Å². The Kier molecular flexibility index (Phi) is 4.97. The monoisotopic (exact) mass is 351 g/mol. The Balaban J connectivity index is 2.35. The number of rotatable bonds is 5. The molecule has 0 amide bonds. The summed E-state index contributed by atoms with van der Waals surface area (Å²) >= 11 is 0. The van der Waals surface area contributed by atoms with Gasteiger partial charge in [0.1, 0.15) is 12.0 Å². The lowest BCUT2D eigenvalue weighted by Gasteiger charge is -2.10. The number of esters is 1. The minimum Gasteiger partial charge on any atom is -0.461 e. The van der Waals surface area contributed by atoms with E-state index >= 15 is 0 Å². The van der Waals surface area contributed by atoms with Gasteiger partial charge in [0, 0.05) is 19.8 Å². The van der Waals surface area contributed by atoms with Gasteiger partial charge in [-0.2, -0.15) is 0 Å². The molecule has 0 spiro atoms. The number of fused-ring (bicyclic) bond motifs is 1. The lowest BCUT2D eigenvalue weighted by atomic mass is 10.2. The lowest BCUT2D eigenvalue weighted by molar-refractivity contribution is 0.0516. The van der Waals surface area contributed by atoms with Crippen molar-refractivity contribution in [3.05, 3.63) is 47.9 Å². The number of para-hydroxylation sites is 1. The van der Waals surface area contributed by atoms with Crippen LogP contribution < -0.4 is 0 Å². The van der Waals surface area contributed by atoms with Crippen molar-refractivity contribution >= 4 is 29.2 Å². The summed E-state index contributed by atoms with van der Waals surface area (Å²) in [5.41, 5.74) is 2.64. The molecule has 0 aliphatic carbocycles. The molecule has 3 rings (SSSR count). The van der Waals surface area contributed by atoms with Crippen LogP contribution in [0, 0.1) is 6.92 Å². The highest BCUT2D eigenvalue weighted by Crippen LogP contribution is 2.33. The van der Waals surface area contributed by atoms with E-state index in [9.17, 15) is 4.79 Å². The van der Waals surface area contributed by atoms with Crippen molar-refractivity contribution in [3.63, 3.8) is 0 Å². The molecule has 0 aliphatic heterocycles. The van der Waals surface area contributed by atoms with Crippen LogP contribution in [0.3, 0.4) is 0 Å². The Bertz CT molecular complexity index is 961. The van der Waals surface area contributed by atoms with E-state index in [1.165, 1.54) is 6.33 Å². The van der Waals surface area contributed by atoms with Crippen LogP contribution in [0.1, 0.15) is 23.0 Å². The summed E-state index contributed by atoms with van der Waals surface area (Å²) in [7, 11) is 3.77. The van der Waals surface area contributed by atoms with Crippen molar-refractivity contribution in [3.8, 4) is 5.69 Å². The maximum absolute atomic E-state index is 12.7. The smallest absolute Gasteiger partial charge is 0.355 e. The third-order valence-electron chi connectivity index (χ3n) is 3.87. The van der Waals surface area contributed by atoms with E-state index < -0.39 is 5.97 Å². The molecule has 0 atom stereocenters. The van der Waals surface area contributed by atoms with Crippen LogP contribution in [-0.4, -0.2) is 52.4 Å². The minimum absolute atomic E-state index is 0.298. The van der Waals surface area contributed by atoms with Crippen LogP contribution in [0.5, 0.6) is 0 Å². The normalized spacial score (nSPS) is 11.2. The maximum atomic E-state index is 12.7. The summed E-state index contributed by atoms with van der Waals surface area (Å²) in [5.74, 6) is 0.121. The van der Waals surface area contributed by atoms with E-state index in [1.54, 1.807) is 17.8 Å². The van der Waals surface area contributed by atoms with Crippen LogP contribution >= 0.6 is 0 Å². The molecular formula is C19H21N5O2. The number of hydrogen-bond acceptors (Lipinski definition) is 5. The SMILES string of the molecule is CCOC(=O)c1c(C)c2c(N=CN(C)C)ncnc2n1-c1ccccc1. The van der Waals surface area contributed by atoms with Crippen LogP contribution in [-0.2, 0) is 4.74 Å². The molecule has 26 heavy (non-hydrogen) atoms. The predicted octanol–water partition coefficient (Wildman–Crippen LogP) is 3.13. The molecule has 2 aromatic heterocycles. The second kappa shape index (κ2) is 7.35. The molecule has 0 fully saturated rings. The van der Waals surface area contributed by atoms with Gasteiger partial charge in [0.15, 0.2) is 11.5 Å². The van der Waals surface area contributed by atoms with Gasteiger partial charge in [-0.3, -0.25) is 4.57 Å². The second-order valence-electron chi connectivity index (χ2n) is 5.97. The highest BCUT2D eigenvalue weighted by atomic mass is 16.5. The number of aryl methyl sites for hydroxylation is 1. The van der Waals surface area contributed by atoms with E-state index in [0.29, 0.717) is 23.8 Å². The number of aromatic nitrogens is 3. The Morgan fingerprint density at radius 1 is 1.27 bits per heavy atom. The summed E-state index contributed by atoms with van der Waals surface area (Å²) in [6.07, 6.45) is 3.13. The molecule has 1 aromatic carbocycles.